The normalized spacial score (nSPS) is 10.5. The number of pyridine rings is 1. The molecule has 0 saturated heterocycles. The lowest BCUT2D eigenvalue weighted by atomic mass is 10.1. The molecule has 2 aromatic heterocycles. The van der Waals surface area contributed by atoms with Crippen molar-refractivity contribution in [2.24, 2.45) is 0 Å². The number of rotatable bonds is 2. The van der Waals surface area contributed by atoms with E-state index >= 15 is 0 Å². The Balaban J connectivity index is 1.93. The molecule has 0 aliphatic carbocycles. The van der Waals surface area contributed by atoms with E-state index in [9.17, 15) is 0 Å². The van der Waals surface area contributed by atoms with Crippen molar-refractivity contribution < 1.29 is 0 Å². The van der Waals surface area contributed by atoms with Gasteiger partial charge in [0.25, 0.3) is 0 Å². The van der Waals surface area contributed by atoms with E-state index in [1.165, 1.54) is 0 Å². The van der Waals surface area contributed by atoms with Crippen molar-refractivity contribution in [2.45, 2.75) is 6.42 Å². The van der Waals surface area contributed by atoms with Gasteiger partial charge in [0, 0.05) is 23.7 Å². The average molecular weight is 269 g/mol. The van der Waals surface area contributed by atoms with Crippen LogP contribution in [-0.2, 0) is 6.42 Å². The minimum Gasteiger partial charge on any atom is -0.221 e. The highest BCUT2D eigenvalue weighted by molar-refractivity contribution is 6.30. The summed E-state index contributed by atoms with van der Waals surface area (Å²) in [5.74, 6) is 0.720. The maximum absolute atomic E-state index is 8.85. The van der Waals surface area contributed by atoms with Gasteiger partial charge in [-0.05, 0) is 23.8 Å². The van der Waals surface area contributed by atoms with Crippen molar-refractivity contribution in [1.82, 2.24) is 14.6 Å². The van der Waals surface area contributed by atoms with E-state index in [2.05, 4.69) is 16.2 Å². The van der Waals surface area contributed by atoms with Crippen LogP contribution in [0.25, 0.3) is 5.65 Å². The highest BCUT2D eigenvalue weighted by atomic mass is 35.5. The number of halogens is 1. The maximum atomic E-state index is 8.85. The lowest BCUT2D eigenvalue weighted by molar-refractivity contribution is 0.899. The molecule has 19 heavy (non-hydrogen) atoms. The molecule has 0 saturated carbocycles. The third-order valence-corrected chi connectivity index (χ3v) is 3.04. The second-order valence-corrected chi connectivity index (χ2v) is 4.60. The lowest BCUT2D eigenvalue weighted by Gasteiger charge is -1.96. The molecule has 5 heteroatoms. The van der Waals surface area contributed by atoms with Gasteiger partial charge < -0.3 is 0 Å². The van der Waals surface area contributed by atoms with E-state index in [0.29, 0.717) is 22.7 Å². The molecule has 3 aromatic rings. The summed E-state index contributed by atoms with van der Waals surface area (Å²) in [6.45, 7) is 0. The van der Waals surface area contributed by atoms with Crippen LogP contribution in [-0.4, -0.2) is 14.6 Å². The number of nitrogens with zero attached hydrogens (tertiary/aromatic N) is 4. The van der Waals surface area contributed by atoms with Crippen LogP contribution in [0.15, 0.2) is 42.6 Å². The van der Waals surface area contributed by atoms with Crippen LogP contribution < -0.4 is 0 Å². The molecule has 0 radical (unpaired) electrons. The van der Waals surface area contributed by atoms with Crippen molar-refractivity contribution >= 4 is 17.2 Å². The van der Waals surface area contributed by atoms with Gasteiger partial charge in [-0.25, -0.2) is 9.50 Å². The maximum Gasteiger partial charge on any atom is 0.156 e. The molecule has 0 bridgehead atoms. The third-order valence-electron chi connectivity index (χ3n) is 2.79. The number of aromatic nitrogens is 3. The molecule has 2 heterocycles. The first kappa shape index (κ1) is 11.7. The van der Waals surface area contributed by atoms with Crippen LogP contribution in [0, 0.1) is 11.3 Å². The van der Waals surface area contributed by atoms with E-state index in [0.717, 1.165) is 11.4 Å². The van der Waals surface area contributed by atoms with Gasteiger partial charge in [0.05, 0.1) is 11.6 Å². The van der Waals surface area contributed by atoms with Gasteiger partial charge in [-0.3, -0.25) is 0 Å². The highest BCUT2D eigenvalue weighted by Crippen LogP contribution is 2.13. The summed E-state index contributed by atoms with van der Waals surface area (Å²) in [4.78, 5) is 4.41. The van der Waals surface area contributed by atoms with Gasteiger partial charge in [-0.2, -0.15) is 10.4 Å². The zero-order valence-corrected chi connectivity index (χ0v) is 10.7. The Morgan fingerprint density at radius 1 is 1.21 bits per heavy atom. The molecule has 3 rings (SSSR count). The molecule has 0 spiro atoms. The predicted molar refractivity (Wildman–Crippen MR) is 72.0 cm³/mol. The number of hydrogen-bond acceptors (Lipinski definition) is 3. The number of hydrogen-bond donors (Lipinski definition) is 0. The van der Waals surface area contributed by atoms with Crippen molar-refractivity contribution in [3.63, 3.8) is 0 Å². The van der Waals surface area contributed by atoms with Gasteiger partial charge in [0.1, 0.15) is 0 Å². The van der Waals surface area contributed by atoms with Crippen molar-refractivity contribution in [3.05, 3.63) is 64.6 Å². The van der Waals surface area contributed by atoms with E-state index in [4.69, 9.17) is 16.9 Å². The molecular formula is C14H9ClN4. The minimum atomic E-state index is 0.581. The molecule has 0 fully saturated rings. The van der Waals surface area contributed by atoms with Crippen molar-refractivity contribution in [3.8, 4) is 6.07 Å². The molecule has 0 N–H and O–H groups in total. The molecular weight excluding hydrogens is 260 g/mol. The Kier molecular flexibility index (Phi) is 2.90. The largest absolute Gasteiger partial charge is 0.221 e. The van der Waals surface area contributed by atoms with Gasteiger partial charge in [-0.15, -0.1) is 0 Å². The second kappa shape index (κ2) is 4.71. The van der Waals surface area contributed by atoms with Crippen LogP contribution in [0.1, 0.15) is 17.0 Å². The molecule has 1 aromatic carbocycles. The second-order valence-electron chi connectivity index (χ2n) is 4.16. The van der Waals surface area contributed by atoms with Crippen molar-refractivity contribution in [1.29, 1.82) is 5.26 Å². The van der Waals surface area contributed by atoms with Crippen LogP contribution in [0.3, 0.4) is 0 Å². The van der Waals surface area contributed by atoms with E-state index < -0.39 is 0 Å². The standard InChI is InChI=1S/C14H9ClN4/c15-12-3-1-10(2-4-12)7-13-17-14-8-11(9-16)5-6-19(14)18-13/h1-6,8H,7H2. The fourth-order valence-corrected chi connectivity index (χ4v) is 1.98. The lowest BCUT2D eigenvalue weighted by Crippen LogP contribution is -1.91. The van der Waals surface area contributed by atoms with Gasteiger partial charge >= 0.3 is 0 Å². The first-order valence-electron chi connectivity index (χ1n) is 5.74. The molecule has 92 valence electrons. The van der Waals surface area contributed by atoms with Gasteiger partial charge in [0.2, 0.25) is 0 Å². The topological polar surface area (TPSA) is 54.0 Å². The SMILES string of the molecule is N#Cc1ccn2nc(Cc3ccc(Cl)cc3)nc2c1. The zero-order chi connectivity index (χ0) is 13.2. The molecule has 0 aliphatic heterocycles. The summed E-state index contributed by atoms with van der Waals surface area (Å²) in [6, 6.07) is 13.1. The Hall–Kier alpha value is -2.38. The fraction of sp³-hybridized carbons (Fsp3) is 0.0714. The highest BCUT2D eigenvalue weighted by Gasteiger charge is 2.05. The Labute approximate surface area is 114 Å². The zero-order valence-electron chi connectivity index (χ0n) is 9.92. The molecule has 0 amide bonds. The number of nitriles is 1. The summed E-state index contributed by atoms with van der Waals surface area (Å²) < 4.78 is 1.67. The monoisotopic (exact) mass is 268 g/mol. The van der Waals surface area contributed by atoms with Crippen LogP contribution in [0.5, 0.6) is 0 Å². The van der Waals surface area contributed by atoms with Gasteiger partial charge in [-0.1, -0.05) is 23.7 Å². The van der Waals surface area contributed by atoms with Gasteiger partial charge in [0.15, 0.2) is 11.5 Å². The number of benzene rings is 1. The average Bonchev–Trinajstić information content (AvgIpc) is 2.82. The van der Waals surface area contributed by atoms with Crippen molar-refractivity contribution in [2.75, 3.05) is 0 Å². The Morgan fingerprint density at radius 3 is 2.74 bits per heavy atom. The van der Waals surface area contributed by atoms with E-state index in [1.54, 1.807) is 22.8 Å². The first-order valence-corrected chi connectivity index (χ1v) is 6.12. The first-order chi connectivity index (χ1) is 9.24. The quantitative estimate of drug-likeness (QED) is 0.718. The van der Waals surface area contributed by atoms with E-state index in [1.807, 2.05) is 24.3 Å². The van der Waals surface area contributed by atoms with Crippen LogP contribution in [0.2, 0.25) is 5.02 Å². The van der Waals surface area contributed by atoms with E-state index in [-0.39, 0.29) is 0 Å². The molecule has 0 atom stereocenters. The summed E-state index contributed by atoms with van der Waals surface area (Å²) in [5, 5.41) is 13.9. The molecule has 0 aliphatic rings. The smallest absolute Gasteiger partial charge is 0.156 e. The van der Waals surface area contributed by atoms with Crippen LogP contribution >= 0.6 is 11.6 Å². The van der Waals surface area contributed by atoms with Crippen LogP contribution in [0.4, 0.5) is 0 Å². The predicted octanol–water partition coefficient (Wildman–Crippen LogP) is 2.85. The third kappa shape index (κ3) is 2.42. The summed E-state index contributed by atoms with van der Waals surface area (Å²) in [5.41, 5.74) is 2.36. The molecule has 4 nitrogen and oxygen atoms in total. The summed E-state index contributed by atoms with van der Waals surface area (Å²) in [7, 11) is 0. The minimum absolute atomic E-state index is 0.581. The summed E-state index contributed by atoms with van der Waals surface area (Å²) >= 11 is 5.85. The Morgan fingerprint density at radius 2 is 2.00 bits per heavy atom. The number of fused-ring (bicyclic) bond motifs is 1. The summed E-state index contributed by atoms with van der Waals surface area (Å²) in [6.07, 6.45) is 2.38. The Bertz CT molecular complexity index is 768. The fourth-order valence-electron chi connectivity index (χ4n) is 1.86. The molecule has 0 unspecified atom stereocenters.